The molecule has 1 rings (SSSR count). The van der Waals surface area contributed by atoms with E-state index < -0.39 is 18.7 Å². The Kier molecular flexibility index (Phi) is 0.664. The predicted octanol–water partition coefficient (Wildman–Crippen LogP) is -0.870. The maximum absolute atomic E-state index is 8.93. The van der Waals surface area contributed by atoms with Crippen LogP contribution in [0.1, 0.15) is 11.9 Å². The molecule has 3 heteroatoms. The molecular weight excluding hydrogens is 108 g/mol. The van der Waals surface area contributed by atoms with Gasteiger partial charge in [-0.25, -0.2) is 0 Å². The Bertz CT molecular complexity index is 162. The van der Waals surface area contributed by atoms with Gasteiger partial charge in [-0.05, 0) is 0 Å². The van der Waals surface area contributed by atoms with Crippen molar-refractivity contribution < 1.29 is 20.4 Å². The first kappa shape index (κ1) is 2.64. The van der Waals surface area contributed by atoms with Crippen molar-refractivity contribution in [2.24, 2.45) is 0 Å². The van der Waals surface area contributed by atoms with Crippen molar-refractivity contribution >= 4 is 0 Å². The van der Waals surface area contributed by atoms with Crippen LogP contribution in [0.3, 0.4) is 0 Å². The van der Waals surface area contributed by atoms with Crippen LogP contribution in [0.2, 0.25) is 0 Å². The summed E-state index contributed by atoms with van der Waals surface area (Å²) in [6.45, 7) is -5.60. The van der Waals surface area contributed by atoms with Crippen LogP contribution >= 0.6 is 0 Å². The molecule has 1 saturated heterocycles. The van der Waals surface area contributed by atoms with E-state index in [0.29, 0.717) is 0 Å². The van der Waals surface area contributed by atoms with Crippen molar-refractivity contribution in [3.8, 4) is 0 Å². The minimum Gasteiger partial charge on any atom is -0.393 e. The third-order valence-corrected chi connectivity index (χ3v) is 1.16. The van der Waals surface area contributed by atoms with Gasteiger partial charge in [0.05, 0.1) is 25.2 Å². The van der Waals surface area contributed by atoms with Gasteiger partial charge in [-0.15, -0.1) is 0 Å². The fourth-order valence-corrected chi connectivity index (χ4v) is 0.508. The summed E-state index contributed by atoms with van der Waals surface area (Å²) in [5.74, 6) is 0. The van der Waals surface area contributed by atoms with Crippen molar-refractivity contribution in [1.82, 2.24) is 0 Å². The summed E-state index contributed by atoms with van der Waals surface area (Å²) < 4.78 is 32.2. The van der Waals surface area contributed by atoms with Gasteiger partial charge in [0, 0.05) is 6.42 Å². The third kappa shape index (κ3) is 0.727. The van der Waals surface area contributed by atoms with Crippen LogP contribution < -0.4 is 0 Å². The topological polar surface area (TPSA) is 49.7 Å². The van der Waals surface area contributed by atoms with E-state index in [4.69, 9.17) is 15.7 Å². The second-order valence-electron chi connectivity index (χ2n) is 1.65. The van der Waals surface area contributed by atoms with E-state index in [-0.39, 0.29) is 13.0 Å². The van der Waals surface area contributed by atoms with Crippen molar-refractivity contribution in [2.75, 3.05) is 19.7 Å². The summed E-state index contributed by atoms with van der Waals surface area (Å²) in [6, 6.07) is 0. The van der Waals surface area contributed by atoms with Crippen molar-refractivity contribution in [2.45, 2.75) is 12.0 Å². The van der Waals surface area contributed by atoms with Crippen LogP contribution in [0.25, 0.3) is 0 Å². The zero-order valence-corrected chi connectivity index (χ0v) is 4.22. The number of ether oxygens (including phenoxy) is 1. The summed E-state index contributed by atoms with van der Waals surface area (Å²) in [5.41, 5.74) is -2.12. The lowest BCUT2D eigenvalue weighted by molar-refractivity contribution is -0.190. The third-order valence-electron chi connectivity index (χ3n) is 1.16. The first-order chi connectivity index (χ1) is 5.21. The SMILES string of the molecule is [2H]C([2H])(O)C1(C([2H])([2H])O)CCO1. The molecule has 1 fully saturated rings. The minimum atomic E-state index is -2.87. The smallest absolute Gasteiger partial charge is 0.116 e. The Morgan fingerprint density at radius 1 is 1.62 bits per heavy atom. The van der Waals surface area contributed by atoms with E-state index in [2.05, 4.69) is 4.74 Å². The molecule has 3 nitrogen and oxygen atoms in total. The number of hydrogen-bond acceptors (Lipinski definition) is 3. The van der Waals surface area contributed by atoms with E-state index in [1.165, 1.54) is 0 Å². The largest absolute Gasteiger partial charge is 0.393 e. The van der Waals surface area contributed by atoms with Gasteiger partial charge in [0.15, 0.2) is 0 Å². The van der Waals surface area contributed by atoms with Gasteiger partial charge in [-0.3, -0.25) is 0 Å². The van der Waals surface area contributed by atoms with Gasteiger partial charge in [0.25, 0.3) is 0 Å². The lowest BCUT2D eigenvalue weighted by atomic mass is 9.97. The molecule has 0 radical (unpaired) electrons. The highest BCUT2D eigenvalue weighted by Crippen LogP contribution is 2.24. The summed E-state index contributed by atoms with van der Waals surface area (Å²) in [7, 11) is 0. The Balaban J connectivity index is 2.92. The van der Waals surface area contributed by atoms with E-state index >= 15 is 0 Å². The second-order valence-corrected chi connectivity index (χ2v) is 1.65. The molecule has 0 aromatic rings. The first-order valence-electron chi connectivity index (χ1n) is 4.29. The van der Waals surface area contributed by atoms with Gasteiger partial charge in [-0.2, -0.15) is 0 Å². The van der Waals surface area contributed by atoms with E-state index in [1.807, 2.05) is 0 Å². The number of rotatable bonds is 2. The molecule has 1 heterocycles. The second kappa shape index (κ2) is 2.01. The summed E-state index contributed by atoms with van der Waals surface area (Å²) >= 11 is 0. The molecule has 0 spiro atoms. The quantitative estimate of drug-likeness (QED) is 0.500. The monoisotopic (exact) mass is 122 g/mol. The molecule has 0 aromatic heterocycles. The van der Waals surface area contributed by atoms with Crippen molar-refractivity contribution in [1.29, 1.82) is 0 Å². The van der Waals surface area contributed by atoms with Crippen molar-refractivity contribution in [3.63, 3.8) is 0 Å². The molecule has 2 N–H and O–H groups in total. The zero-order chi connectivity index (χ0) is 9.62. The maximum atomic E-state index is 8.93. The summed E-state index contributed by atoms with van der Waals surface area (Å²) in [6.07, 6.45) is -0.0417. The molecule has 0 atom stereocenters. The fourth-order valence-electron chi connectivity index (χ4n) is 0.508. The highest BCUT2D eigenvalue weighted by molar-refractivity contribution is 4.85. The van der Waals surface area contributed by atoms with Gasteiger partial charge in [0.1, 0.15) is 5.60 Å². The Hall–Kier alpha value is -0.120. The van der Waals surface area contributed by atoms with Crippen LogP contribution in [0, 0.1) is 0 Å². The summed E-state index contributed by atoms with van der Waals surface area (Å²) in [4.78, 5) is 0. The molecule has 1 aliphatic heterocycles. The molecule has 0 bridgehead atoms. The fraction of sp³-hybridized carbons (Fsp3) is 1.00. The molecular formula is C5H10O3. The van der Waals surface area contributed by atoms with Crippen LogP contribution in [-0.2, 0) is 4.74 Å². The van der Waals surface area contributed by atoms with E-state index in [9.17, 15) is 0 Å². The van der Waals surface area contributed by atoms with Crippen LogP contribution in [-0.4, -0.2) is 35.5 Å². The maximum Gasteiger partial charge on any atom is 0.116 e. The van der Waals surface area contributed by atoms with E-state index in [1.54, 1.807) is 0 Å². The summed E-state index contributed by atoms with van der Waals surface area (Å²) in [5, 5.41) is 17.9. The van der Waals surface area contributed by atoms with Gasteiger partial charge in [0.2, 0.25) is 0 Å². The molecule has 0 aromatic carbocycles. The van der Waals surface area contributed by atoms with Crippen LogP contribution in [0.5, 0.6) is 0 Å². The Labute approximate surface area is 53.5 Å². The minimum absolute atomic E-state index is 0.0417. The molecule has 48 valence electrons. The zero-order valence-electron chi connectivity index (χ0n) is 8.22. The standard InChI is InChI=1S/C5H10O3/c6-3-5(4-7)1-2-8-5/h6-7H,1-4H2/i3D2,4D2. The molecule has 0 saturated carbocycles. The Morgan fingerprint density at radius 3 is 2.12 bits per heavy atom. The van der Waals surface area contributed by atoms with Crippen LogP contribution in [0.4, 0.5) is 0 Å². The first-order valence-corrected chi connectivity index (χ1v) is 2.29. The number of hydrogen-bond donors (Lipinski definition) is 2. The Morgan fingerprint density at radius 2 is 2.12 bits per heavy atom. The van der Waals surface area contributed by atoms with Gasteiger partial charge in [-0.1, -0.05) is 0 Å². The highest BCUT2D eigenvalue weighted by atomic mass is 16.5. The molecule has 0 aliphatic carbocycles. The van der Waals surface area contributed by atoms with Gasteiger partial charge >= 0.3 is 0 Å². The molecule has 0 unspecified atom stereocenters. The van der Waals surface area contributed by atoms with E-state index in [0.717, 1.165) is 0 Å². The normalized spacial score (nSPS) is 35.8. The van der Waals surface area contributed by atoms with Crippen molar-refractivity contribution in [3.05, 3.63) is 0 Å². The molecule has 8 heavy (non-hydrogen) atoms. The van der Waals surface area contributed by atoms with Gasteiger partial charge < -0.3 is 14.9 Å². The molecule has 1 aliphatic rings. The predicted molar refractivity (Wildman–Crippen MR) is 27.5 cm³/mol. The highest BCUT2D eigenvalue weighted by Gasteiger charge is 2.36. The lowest BCUT2D eigenvalue weighted by Crippen LogP contribution is -2.50. The number of aliphatic hydroxyl groups is 2. The molecule has 0 amide bonds. The average molecular weight is 122 g/mol. The average Bonchev–Trinajstić information content (AvgIpc) is 1.47. The lowest BCUT2D eigenvalue weighted by Gasteiger charge is -2.38. The van der Waals surface area contributed by atoms with Crippen LogP contribution in [0.15, 0.2) is 0 Å².